The molecule has 21 heavy (non-hydrogen) atoms. The number of primary sulfonamides is 1. The van der Waals surface area contributed by atoms with Gasteiger partial charge in [-0.25, -0.2) is 13.6 Å². The van der Waals surface area contributed by atoms with Crippen molar-refractivity contribution < 1.29 is 13.2 Å². The highest BCUT2D eigenvalue weighted by molar-refractivity contribution is 7.89. The van der Waals surface area contributed by atoms with Crippen LogP contribution in [0, 0.1) is 19.8 Å². The fraction of sp³-hybridized carbons (Fsp3) is 0.625. The largest absolute Gasteiger partial charge is 0.488 e. The van der Waals surface area contributed by atoms with Gasteiger partial charge in [0.05, 0.1) is 0 Å². The maximum absolute atomic E-state index is 11.8. The summed E-state index contributed by atoms with van der Waals surface area (Å²) in [6.07, 6.45) is 5.64. The first kappa shape index (κ1) is 16.3. The van der Waals surface area contributed by atoms with Crippen LogP contribution in [0.3, 0.4) is 0 Å². The molecule has 0 spiro atoms. The van der Waals surface area contributed by atoms with Crippen molar-refractivity contribution in [3.8, 4) is 5.75 Å². The van der Waals surface area contributed by atoms with Crippen molar-refractivity contribution in [1.29, 1.82) is 0 Å². The van der Waals surface area contributed by atoms with E-state index in [1.165, 1.54) is 6.42 Å². The van der Waals surface area contributed by atoms with E-state index in [9.17, 15) is 8.42 Å². The van der Waals surface area contributed by atoms with E-state index in [4.69, 9.17) is 9.88 Å². The van der Waals surface area contributed by atoms with Crippen molar-refractivity contribution in [1.82, 2.24) is 0 Å². The van der Waals surface area contributed by atoms with E-state index in [2.05, 4.69) is 6.92 Å². The second kappa shape index (κ2) is 6.36. The Morgan fingerprint density at radius 2 is 1.90 bits per heavy atom. The molecule has 0 aliphatic heterocycles. The Morgan fingerprint density at radius 1 is 1.24 bits per heavy atom. The van der Waals surface area contributed by atoms with Gasteiger partial charge in [0.15, 0.2) is 0 Å². The van der Waals surface area contributed by atoms with E-state index in [0.717, 1.165) is 36.8 Å². The van der Waals surface area contributed by atoms with Crippen LogP contribution in [0.4, 0.5) is 0 Å². The lowest BCUT2D eigenvalue weighted by molar-refractivity contribution is 0.0867. The summed E-state index contributed by atoms with van der Waals surface area (Å²) < 4.78 is 29.8. The molecule has 4 nitrogen and oxygen atoms in total. The number of aryl methyl sites for hydroxylation is 2. The molecule has 0 saturated heterocycles. The van der Waals surface area contributed by atoms with E-state index in [0.29, 0.717) is 11.7 Å². The Bertz CT molecular complexity index is 610. The number of rotatable bonds is 4. The van der Waals surface area contributed by atoms with Crippen molar-refractivity contribution in [3.05, 3.63) is 23.3 Å². The second-order valence-electron chi connectivity index (χ2n) is 6.06. The van der Waals surface area contributed by atoms with Gasteiger partial charge in [-0.1, -0.05) is 19.4 Å². The highest BCUT2D eigenvalue weighted by Crippen LogP contribution is 2.35. The Morgan fingerprint density at radius 3 is 2.52 bits per heavy atom. The van der Waals surface area contributed by atoms with Gasteiger partial charge in [-0.3, -0.25) is 0 Å². The topological polar surface area (TPSA) is 69.4 Å². The first-order chi connectivity index (χ1) is 9.82. The molecular formula is C16H25NO3S. The second-order valence-corrected chi connectivity index (χ2v) is 7.59. The van der Waals surface area contributed by atoms with Crippen LogP contribution in [0.25, 0.3) is 0 Å². The Kier molecular flexibility index (Phi) is 4.94. The molecule has 1 saturated carbocycles. The highest BCUT2D eigenvalue weighted by atomic mass is 32.2. The zero-order chi connectivity index (χ0) is 15.6. The minimum atomic E-state index is -3.78. The highest BCUT2D eigenvalue weighted by Gasteiger charge is 2.28. The average Bonchev–Trinajstić information content (AvgIpc) is 2.40. The Labute approximate surface area is 127 Å². The van der Waals surface area contributed by atoms with Crippen molar-refractivity contribution in [2.75, 3.05) is 0 Å². The minimum absolute atomic E-state index is 0.0886. The Hall–Kier alpha value is -1.07. The Balaban J connectivity index is 2.39. The van der Waals surface area contributed by atoms with Crippen LogP contribution in [-0.2, 0) is 10.0 Å². The molecule has 1 aliphatic carbocycles. The summed E-state index contributed by atoms with van der Waals surface area (Å²) in [5.74, 6) is 0.932. The third-order valence-electron chi connectivity index (χ3n) is 4.32. The van der Waals surface area contributed by atoms with Crippen LogP contribution in [0.15, 0.2) is 17.0 Å². The lowest BCUT2D eigenvalue weighted by Crippen LogP contribution is -2.31. The minimum Gasteiger partial charge on any atom is -0.488 e. The monoisotopic (exact) mass is 311 g/mol. The smallest absolute Gasteiger partial charge is 0.241 e. The van der Waals surface area contributed by atoms with Crippen LogP contribution in [0.2, 0.25) is 0 Å². The van der Waals surface area contributed by atoms with E-state index in [1.54, 1.807) is 6.07 Å². The molecule has 5 heteroatoms. The van der Waals surface area contributed by atoms with E-state index >= 15 is 0 Å². The normalized spacial score (nSPS) is 23.0. The van der Waals surface area contributed by atoms with Gasteiger partial charge in [0.2, 0.25) is 10.0 Å². The third kappa shape index (κ3) is 3.77. The first-order valence-electron chi connectivity index (χ1n) is 7.63. The molecule has 2 unspecified atom stereocenters. The summed E-state index contributed by atoms with van der Waals surface area (Å²) in [7, 11) is -3.78. The fourth-order valence-corrected chi connectivity index (χ4v) is 4.04. The molecule has 0 heterocycles. The third-order valence-corrected chi connectivity index (χ3v) is 5.24. The van der Waals surface area contributed by atoms with E-state index < -0.39 is 10.0 Å². The maximum Gasteiger partial charge on any atom is 0.241 e. The molecule has 0 radical (unpaired) electrons. The molecule has 0 bridgehead atoms. The molecule has 118 valence electrons. The number of ether oxygens (including phenoxy) is 1. The van der Waals surface area contributed by atoms with Crippen molar-refractivity contribution in [2.24, 2.45) is 11.1 Å². The van der Waals surface area contributed by atoms with E-state index in [1.807, 2.05) is 19.9 Å². The zero-order valence-electron chi connectivity index (χ0n) is 13.1. The van der Waals surface area contributed by atoms with Crippen LogP contribution >= 0.6 is 0 Å². The lowest BCUT2D eigenvalue weighted by atomic mass is 9.84. The van der Waals surface area contributed by atoms with Crippen molar-refractivity contribution in [2.45, 2.75) is 63.9 Å². The SMILES string of the molecule is CCC1CCCCC1Oc1c(C)cc(C)cc1S(N)(=O)=O. The molecule has 1 aliphatic rings. The number of sulfonamides is 1. The summed E-state index contributed by atoms with van der Waals surface area (Å²) in [4.78, 5) is 0.112. The van der Waals surface area contributed by atoms with Gasteiger partial charge in [-0.05, 0) is 62.6 Å². The summed E-state index contributed by atoms with van der Waals surface area (Å²) >= 11 is 0. The van der Waals surface area contributed by atoms with Crippen molar-refractivity contribution >= 4 is 10.0 Å². The molecule has 1 fully saturated rings. The average molecular weight is 311 g/mol. The summed E-state index contributed by atoms with van der Waals surface area (Å²) in [6.45, 7) is 5.90. The summed E-state index contributed by atoms with van der Waals surface area (Å²) in [5, 5.41) is 5.36. The van der Waals surface area contributed by atoms with Gasteiger partial charge in [0.1, 0.15) is 16.7 Å². The van der Waals surface area contributed by atoms with Crippen LogP contribution in [0.5, 0.6) is 5.75 Å². The standard InChI is InChI=1S/C16H25NO3S/c1-4-13-7-5-6-8-14(13)20-16-12(3)9-11(2)10-15(16)21(17,18)19/h9-10,13-14H,4-8H2,1-3H3,(H2,17,18,19). The molecule has 2 rings (SSSR count). The van der Waals surface area contributed by atoms with Crippen molar-refractivity contribution in [3.63, 3.8) is 0 Å². The molecule has 2 N–H and O–H groups in total. The number of benzene rings is 1. The lowest BCUT2D eigenvalue weighted by Gasteiger charge is -2.32. The van der Waals surface area contributed by atoms with E-state index in [-0.39, 0.29) is 11.0 Å². The van der Waals surface area contributed by atoms with Gasteiger partial charge in [0.25, 0.3) is 0 Å². The number of hydrogen-bond donors (Lipinski definition) is 1. The van der Waals surface area contributed by atoms with Gasteiger partial charge >= 0.3 is 0 Å². The quantitative estimate of drug-likeness (QED) is 0.927. The molecule has 0 amide bonds. The summed E-state index contributed by atoms with van der Waals surface area (Å²) in [5.41, 5.74) is 1.71. The molecule has 2 atom stereocenters. The maximum atomic E-state index is 11.8. The fourth-order valence-electron chi connectivity index (χ4n) is 3.22. The van der Waals surface area contributed by atoms with Gasteiger partial charge in [-0.2, -0.15) is 0 Å². The predicted molar refractivity (Wildman–Crippen MR) is 84.0 cm³/mol. The molecule has 0 aromatic heterocycles. The van der Waals surface area contributed by atoms with Gasteiger partial charge in [0, 0.05) is 0 Å². The van der Waals surface area contributed by atoms with Crippen LogP contribution < -0.4 is 9.88 Å². The molecule has 1 aromatic carbocycles. The first-order valence-corrected chi connectivity index (χ1v) is 9.18. The molecular weight excluding hydrogens is 286 g/mol. The van der Waals surface area contributed by atoms with Crippen LogP contribution in [-0.4, -0.2) is 14.5 Å². The number of nitrogens with two attached hydrogens (primary N) is 1. The van der Waals surface area contributed by atoms with Crippen LogP contribution in [0.1, 0.15) is 50.2 Å². The zero-order valence-corrected chi connectivity index (χ0v) is 13.9. The van der Waals surface area contributed by atoms with Gasteiger partial charge < -0.3 is 4.74 Å². The summed E-state index contributed by atoms with van der Waals surface area (Å²) in [6, 6.07) is 3.54. The molecule has 1 aromatic rings. The van der Waals surface area contributed by atoms with Gasteiger partial charge in [-0.15, -0.1) is 0 Å². The predicted octanol–water partition coefficient (Wildman–Crippen LogP) is 3.30. The number of hydrogen-bond acceptors (Lipinski definition) is 3.